The van der Waals surface area contributed by atoms with E-state index in [2.05, 4.69) is 23.0 Å². The van der Waals surface area contributed by atoms with Crippen molar-refractivity contribution in [1.82, 2.24) is 9.97 Å². The molecule has 0 aromatic carbocycles. The second kappa shape index (κ2) is 4.07. The largest absolute Gasteiger partial charge is 0.236 e. The molecule has 2 nitrogen and oxygen atoms in total. The van der Waals surface area contributed by atoms with Crippen LogP contribution in [-0.4, -0.2) is 9.97 Å². The van der Waals surface area contributed by atoms with Gasteiger partial charge in [-0.15, -0.1) is 22.9 Å². The molecule has 0 radical (unpaired) electrons. The lowest BCUT2D eigenvalue weighted by molar-refractivity contribution is 1.13. The minimum absolute atomic E-state index is 0.462. The summed E-state index contributed by atoms with van der Waals surface area (Å²) >= 11 is 7.35. The zero-order valence-electron chi connectivity index (χ0n) is 7.70. The minimum atomic E-state index is 0.462. The van der Waals surface area contributed by atoms with E-state index < -0.39 is 0 Å². The van der Waals surface area contributed by atoms with Crippen LogP contribution in [0.25, 0.3) is 10.7 Å². The van der Waals surface area contributed by atoms with Crippen LogP contribution in [0.15, 0.2) is 24.5 Å². The summed E-state index contributed by atoms with van der Waals surface area (Å²) in [6, 6.07) is 4.11. The van der Waals surface area contributed by atoms with Crippen LogP contribution in [0, 0.1) is 6.92 Å². The highest BCUT2D eigenvalue weighted by Gasteiger charge is 2.03. The van der Waals surface area contributed by atoms with E-state index in [1.165, 1.54) is 4.88 Å². The first-order valence-electron chi connectivity index (χ1n) is 4.23. The van der Waals surface area contributed by atoms with Gasteiger partial charge < -0.3 is 0 Å². The molecular weight excluding hydrogens is 216 g/mol. The van der Waals surface area contributed by atoms with Crippen molar-refractivity contribution in [3.05, 3.63) is 35.0 Å². The molecule has 0 saturated heterocycles. The van der Waals surface area contributed by atoms with Crippen molar-refractivity contribution >= 4 is 22.9 Å². The van der Waals surface area contributed by atoms with Crippen LogP contribution in [0.2, 0.25) is 0 Å². The third-order valence-electron chi connectivity index (χ3n) is 1.82. The van der Waals surface area contributed by atoms with Gasteiger partial charge in [0.25, 0.3) is 0 Å². The Bertz CT molecular complexity index is 422. The van der Waals surface area contributed by atoms with Crippen LogP contribution >= 0.6 is 22.9 Å². The fourth-order valence-electron chi connectivity index (χ4n) is 1.11. The lowest BCUT2D eigenvalue weighted by Crippen LogP contribution is -1.88. The van der Waals surface area contributed by atoms with E-state index in [0.717, 1.165) is 16.3 Å². The Hall–Kier alpha value is -0.930. The molecule has 0 saturated carbocycles. The number of alkyl halides is 1. The van der Waals surface area contributed by atoms with E-state index in [4.69, 9.17) is 11.6 Å². The second-order valence-electron chi connectivity index (χ2n) is 2.96. The molecule has 0 spiro atoms. The Labute approximate surface area is 91.6 Å². The second-order valence-corrected chi connectivity index (χ2v) is 4.51. The topological polar surface area (TPSA) is 25.8 Å². The number of rotatable bonds is 2. The van der Waals surface area contributed by atoms with Crippen molar-refractivity contribution in [2.24, 2.45) is 0 Å². The number of halogens is 1. The van der Waals surface area contributed by atoms with Crippen LogP contribution in [0.1, 0.15) is 10.4 Å². The fraction of sp³-hybridized carbons (Fsp3) is 0.200. The Balaban J connectivity index is 2.33. The van der Waals surface area contributed by atoms with Gasteiger partial charge in [0.1, 0.15) is 0 Å². The van der Waals surface area contributed by atoms with E-state index in [0.29, 0.717) is 5.88 Å². The maximum absolute atomic E-state index is 5.65. The average Bonchev–Trinajstić information content (AvgIpc) is 2.65. The van der Waals surface area contributed by atoms with E-state index >= 15 is 0 Å². The lowest BCUT2D eigenvalue weighted by Gasteiger charge is -1.96. The van der Waals surface area contributed by atoms with Gasteiger partial charge in [0.15, 0.2) is 5.82 Å². The fourth-order valence-corrected chi connectivity index (χ4v) is 2.06. The van der Waals surface area contributed by atoms with Gasteiger partial charge in [-0.05, 0) is 19.1 Å². The number of thiophene rings is 1. The molecular formula is C10H9ClN2S. The van der Waals surface area contributed by atoms with Crippen LogP contribution < -0.4 is 0 Å². The van der Waals surface area contributed by atoms with Crippen LogP contribution in [-0.2, 0) is 5.88 Å². The molecule has 0 atom stereocenters. The quantitative estimate of drug-likeness (QED) is 0.732. The average molecular weight is 225 g/mol. The van der Waals surface area contributed by atoms with Gasteiger partial charge in [0.2, 0.25) is 0 Å². The molecule has 0 aliphatic rings. The molecule has 0 aliphatic carbocycles. The molecule has 2 aromatic heterocycles. The molecule has 0 fully saturated rings. The van der Waals surface area contributed by atoms with E-state index in [-0.39, 0.29) is 0 Å². The van der Waals surface area contributed by atoms with Gasteiger partial charge in [-0.2, -0.15) is 0 Å². The SMILES string of the molecule is Cc1ccc(-c2ncc(CCl)cn2)s1. The summed E-state index contributed by atoms with van der Waals surface area (Å²) in [5, 5.41) is 0. The smallest absolute Gasteiger partial charge is 0.169 e. The highest BCUT2D eigenvalue weighted by Crippen LogP contribution is 2.24. The highest BCUT2D eigenvalue weighted by atomic mass is 35.5. The zero-order valence-corrected chi connectivity index (χ0v) is 9.27. The number of hydrogen-bond acceptors (Lipinski definition) is 3. The Kier molecular flexibility index (Phi) is 2.79. The molecule has 14 heavy (non-hydrogen) atoms. The van der Waals surface area contributed by atoms with Gasteiger partial charge >= 0.3 is 0 Å². The summed E-state index contributed by atoms with van der Waals surface area (Å²) in [4.78, 5) is 10.9. The molecule has 4 heteroatoms. The Morgan fingerprint density at radius 1 is 1.29 bits per heavy atom. The molecule has 0 unspecified atom stereocenters. The van der Waals surface area contributed by atoms with Crippen molar-refractivity contribution in [3.63, 3.8) is 0 Å². The van der Waals surface area contributed by atoms with Crippen molar-refractivity contribution in [3.8, 4) is 10.7 Å². The molecule has 0 amide bonds. The van der Waals surface area contributed by atoms with Crippen molar-refractivity contribution in [2.75, 3.05) is 0 Å². The summed E-state index contributed by atoms with van der Waals surface area (Å²) in [5.41, 5.74) is 0.948. The maximum Gasteiger partial charge on any atom is 0.169 e. The first kappa shape index (κ1) is 9.62. The molecule has 72 valence electrons. The van der Waals surface area contributed by atoms with E-state index in [1.54, 1.807) is 23.7 Å². The van der Waals surface area contributed by atoms with E-state index in [9.17, 15) is 0 Å². The Morgan fingerprint density at radius 2 is 2.00 bits per heavy atom. The molecule has 0 bridgehead atoms. The van der Waals surface area contributed by atoms with Crippen molar-refractivity contribution in [1.29, 1.82) is 0 Å². The normalized spacial score (nSPS) is 10.4. The standard InChI is InChI=1S/C10H9ClN2S/c1-7-2-3-9(14-7)10-12-5-8(4-11)6-13-10/h2-3,5-6H,4H2,1H3. The number of aryl methyl sites for hydroxylation is 1. The highest BCUT2D eigenvalue weighted by molar-refractivity contribution is 7.15. The monoisotopic (exact) mass is 224 g/mol. The minimum Gasteiger partial charge on any atom is -0.236 e. The molecule has 0 aliphatic heterocycles. The van der Waals surface area contributed by atoms with Gasteiger partial charge in [-0.1, -0.05) is 0 Å². The molecule has 2 aromatic rings. The summed E-state index contributed by atoms with van der Waals surface area (Å²) < 4.78 is 0. The maximum atomic E-state index is 5.65. The van der Waals surface area contributed by atoms with E-state index in [1.807, 2.05) is 6.07 Å². The molecule has 2 heterocycles. The number of hydrogen-bond donors (Lipinski definition) is 0. The summed E-state index contributed by atoms with van der Waals surface area (Å²) in [6.45, 7) is 2.07. The zero-order chi connectivity index (χ0) is 9.97. The van der Waals surface area contributed by atoms with Gasteiger partial charge in [0.05, 0.1) is 10.8 Å². The van der Waals surface area contributed by atoms with Crippen LogP contribution in [0.3, 0.4) is 0 Å². The predicted octanol–water partition coefficient (Wildman–Crippen LogP) is 3.25. The molecule has 0 N–H and O–H groups in total. The Morgan fingerprint density at radius 3 is 2.50 bits per heavy atom. The molecule has 2 rings (SSSR count). The van der Waals surface area contributed by atoms with Gasteiger partial charge in [0, 0.05) is 22.8 Å². The summed E-state index contributed by atoms with van der Waals surface area (Å²) in [5.74, 6) is 1.24. The van der Waals surface area contributed by atoms with Gasteiger partial charge in [-0.25, -0.2) is 9.97 Å². The van der Waals surface area contributed by atoms with Crippen LogP contribution in [0.5, 0.6) is 0 Å². The van der Waals surface area contributed by atoms with Crippen LogP contribution in [0.4, 0.5) is 0 Å². The first-order chi connectivity index (χ1) is 6.79. The van der Waals surface area contributed by atoms with Gasteiger partial charge in [-0.3, -0.25) is 0 Å². The summed E-state index contributed by atoms with van der Waals surface area (Å²) in [7, 11) is 0. The number of aromatic nitrogens is 2. The third-order valence-corrected chi connectivity index (χ3v) is 3.13. The van der Waals surface area contributed by atoms with Crippen molar-refractivity contribution in [2.45, 2.75) is 12.8 Å². The van der Waals surface area contributed by atoms with Crippen molar-refractivity contribution < 1.29 is 0 Å². The number of nitrogens with zero attached hydrogens (tertiary/aromatic N) is 2. The third kappa shape index (κ3) is 1.94. The summed E-state index contributed by atoms with van der Waals surface area (Å²) in [6.07, 6.45) is 3.54. The first-order valence-corrected chi connectivity index (χ1v) is 5.58. The lowest BCUT2D eigenvalue weighted by atomic mass is 10.3. The predicted molar refractivity (Wildman–Crippen MR) is 59.6 cm³/mol.